The zero-order valence-electron chi connectivity index (χ0n) is 10.2. The first-order chi connectivity index (χ1) is 8.29. The molecule has 6 heteroatoms. The molecule has 5 nitrogen and oxygen atoms in total. The average Bonchev–Trinajstić information content (AvgIpc) is 2.76. The van der Waals surface area contributed by atoms with Gasteiger partial charge in [-0.3, -0.25) is 5.43 Å². The molecular formula is C12H15ClN4O. The second kappa shape index (κ2) is 6.66. The Morgan fingerprint density at radius 3 is 2.61 bits per heavy atom. The molecule has 0 unspecified atom stereocenters. The van der Waals surface area contributed by atoms with Crippen LogP contribution in [0.3, 0.4) is 0 Å². The molecule has 0 aliphatic heterocycles. The van der Waals surface area contributed by atoms with Crippen LogP contribution in [0.25, 0.3) is 0 Å². The van der Waals surface area contributed by atoms with Crippen LogP contribution < -0.4 is 10.2 Å². The molecule has 18 heavy (non-hydrogen) atoms. The molecule has 1 heterocycles. The lowest BCUT2D eigenvalue weighted by atomic mass is 10.3. The van der Waals surface area contributed by atoms with E-state index in [4.69, 9.17) is 4.74 Å². The molecule has 1 aromatic carbocycles. The summed E-state index contributed by atoms with van der Waals surface area (Å²) >= 11 is 0. The minimum atomic E-state index is 0. The van der Waals surface area contributed by atoms with Crippen molar-refractivity contribution in [1.82, 2.24) is 9.55 Å². The Bertz CT molecular complexity index is 507. The van der Waals surface area contributed by atoms with Gasteiger partial charge in [-0.25, -0.2) is 4.98 Å². The number of imidazole rings is 1. The Labute approximate surface area is 112 Å². The number of hydrogen-bond donors (Lipinski definition) is 1. The van der Waals surface area contributed by atoms with Gasteiger partial charge in [0.15, 0.2) is 5.82 Å². The molecule has 0 radical (unpaired) electrons. The van der Waals surface area contributed by atoms with Crippen molar-refractivity contribution in [2.75, 3.05) is 12.5 Å². The zero-order chi connectivity index (χ0) is 12.1. The van der Waals surface area contributed by atoms with Crippen molar-refractivity contribution in [3.63, 3.8) is 0 Å². The number of ether oxygens (including phenoxy) is 1. The van der Waals surface area contributed by atoms with Crippen molar-refractivity contribution in [3.8, 4) is 5.75 Å². The van der Waals surface area contributed by atoms with E-state index in [9.17, 15) is 0 Å². The van der Waals surface area contributed by atoms with Crippen LogP contribution in [0.4, 0.5) is 5.69 Å². The van der Waals surface area contributed by atoms with Gasteiger partial charge < -0.3 is 9.30 Å². The van der Waals surface area contributed by atoms with Gasteiger partial charge in [0.2, 0.25) is 0 Å². The number of hydrogen-bond acceptors (Lipinski definition) is 4. The van der Waals surface area contributed by atoms with Gasteiger partial charge in [-0.1, -0.05) is 0 Å². The number of rotatable bonds is 4. The molecule has 0 fully saturated rings. The third kappa shape index (κ3) is 3.49. The Morgan fingerprint density at radius 2 is 2.06 bits per heavy atom. The first kappa shape index (κ1) is 14.1. The van der Waals surface area contributed by atoms with Gasteiger partial charge in [-0.05, 0) is 24.3 Å². The number of aryl methyl sites for hydroxylation is 1. The first-order valence-corrected chi connectivity index (χ1v) is 5.20. The predicted octanol–water partition coefficient (Wildman–Crippen LogP) is 2.30. The molecule has 2 rings (SSSR count). The SMILES string of the molecule is COc1ccc(N/N=C/c2nccn2C)cc1.Cl. The molecule has 1 aromatic heterocycles. The molecule has 0 atom stereocenters. The van der Waals surface area contributed by atoms with Gasteiger partial charge in [0.05, 0.1) is 19.0 Å². The van der Waals surface area contributed by atoms with Gasteiger partial charge in [0, 0.05) is 19.4 Å². The summed E-state index contributed by atoms with van der Waals surface area (Å²) in [6.07, 6.45) is 5.27. The van der Waals surface area contributed by atoms with Crippen LogP contribution in [0.5, 0.6) is 5.75 Å². The van der Waals surface area contributed by atoms with E-state index in [-0.39, 0.29) is 12.4 Å². The monoisotopic (exact) mass is 266 g/mol. The fraction of sp³-hybridized carbons (Fsp3) is 0.167. The number of hydrazone groups is 1. The van der Waals surface area contributed by atoms with E-state index in [0.29, 0.717) is 0 Å². The van der Waals surface area contributed by atoms with Gasteiger partial charge in [-0.2, -0.15) is 5.10 Å². The second-order valence-electron chi connectivity index (χ2n) is 3.49. The number of benzene rings is 1. The third-order valence-electron chi connectivity index (χ3n) is 2.32. The van der Waals surface area contributed by atoms with E-state index in [1.807, 2.05) is 42.1 Å². The van der Waals surface area contributed by atoms with Crippen molar-refractivity contribution >= 4 is 24.3 Å². The van der Waals surface area contributed by atoms with E-state index in [2.05, 4.69) is 15.5 Å². The zero-order valence-corrected chi connectivity index (χ0v) is 11.0. The van der Waals surface area contributed by atoms with Crippen LogP contribution in [-0.2, 0) is 7.05 Å². The second-order valence-corrected chi connectivity index (χ2v) is 3.49. The molecule has 0 amide bonds. The molecule has 96 valence electrons. The lowest BCUT2D eigenvalue weighted by Crippen LogP contribution is -1.97. The van der Waals surface area contributed by atoms with Gasteiger partial charge >= 0.3 is 0 Å². The quantitative estimate of drug-likeness (QED) is 0.682. The average molecular weight is 267 g/mol. The number of methoxy groups -OCH3 is 1. The van der Waals surface area contributed by atoms with Crippen LogP contribution in [0.1, 0.15) is 5.82 Å². The van der Waals surface area contributed by atoms with Gasteiger partial charge in [0.25, 0.3) is 0 Å². The van der Waals surface area contributed by atoms with Crippen LogP contribution >= 0.6 is 12.4 Å². The highest BCUT2D eigenvalue weighted by Gasteiger charge is 1.94. The molecule has 2 aromatic rings. The fourth-order valence-corrected chi connectivity index (χ4v) is 1.33. The Morgan fingerprint density at radius 1 is 1.33 bits per heavy atom. The third-order valence-corrected chi connectivity index (χ3v) is 2.32. The van der Waals surface area contributed by atoms with Crippen LogP contribution in [0.2, 0.25) is 0 Å². The number of aromatic nitrogens is 2. The summed E-state index contributed by atoms with van der Waals surface area (Å²) in [7, 11) is 3.56. The maximum Gasteiger partial charge on any atom is 0.152 e. The van der Waals surface area contributed by atoms with Crippen molar-refractivity contribution in [1.29, 1.82) is 0 Å². The smallest absolute Gasteiger partial charge is 0.152 e. The molecule has 0 spiro atoms. The van der Waals surface area contributed by atoms with Crippen molar-refractivity contribution in [2.24, 2.45) is 12.1 Å². The number of halogens is 1. The number of nitrogens with zero attached hydrogens (tertiary/aromatic N) is 3. The highest BCUT2D eigenvalue weighted by atomic mass is 35.5. The van der Waals surface area contributed by atoms with Crippen LogP contribution in [-0.4, -0.2) is 22.9 Å². The van der Waals surface area contributed by atoms with Crippen LogP contribution in [0.15, 0.2) is 41.8 Å². The highest BCUT2D eigenvalue weighted by Crippen LogP contribution is 2.14. The van der Waals surface area contributed by atoms with E-state index in [1.54, 1.807) is 19.5 Å². The van der Waals surface area contributed by atoms with E-state index in [0.717, 1.165) is 17.3 Å². The molecule has 0 aliphatic carbocycles. The summed E-state index contributed by atoms with van der Waals surface area (Å²) in [5.41, 5.74) is 3.82. The number of nitrogens with one attached hydrogen (secondary N) is 1. The Hall–Kier alpha value is -2.01. The normalized spacial score (nSPS) is 10.1. The topological polar surface area (TPSA) is 51.4 Å². The summed E-state index contributed by atoms with van der Waals surface area (Å²) in [5, 5.41) is 4.10. The van der Waals surface area contributed by atoms with E-state index in [1.165, 1.54) is 0 Å². The summed E-state index contributed by atoms with van der Waals surface area (Å²) < 4.78 is 6.96. The van der Waals surface area contributed by atoms with E-state index >= 15 is 0 Å². The summed E-state index contributed by atoms with van der Waals surface area (Å²) in [5.74, 6) is 1.62. The maximum absolute atomic E-state index is 5.07. The first-order valence-electron chi connectivity index (χ1n) is 5.20. The number of anilines is 1. The van der Waals surface area contributed by atoms with E-state index < -0.39 is 0 Å². The van der Waals surface area contributed by atoms with Crippen molar-refractivity contribution in [2.45, 2.75) is 0 Å². The summed E-state index contributed by atoms with van der Waals surface area (Å²) in [4.78, 5) is 4.13. The highest BCUT2D eigenvalue weighted by molar-refractivity contribution is 5.85. The molecule has 0 bridgehead atoms. The largest absolute Gasteiger partial charge is 0.497 e. The van der Waals surface area contributed by atoms with Crippen LogP contribution in [0, 0.1) is 0 Å². The van der Waals surface area contributed by atoms with Gasteiger partial charge in [-0.15, -0.1) is 12.4 Å². The Kier molecular flexibility index (Phi) is 5.20. The Balaban J connectivity index is 0.00000162. The predicted molar refractivity (Wildman–Crippen MR) is 74.7 cm³/mol. The fourth-order valence-electron chi connectivity index (χ4n) is 1.33. The standard InChI is InChI=1S/C12H14N4O.ClH/c1-16-8-7-13-12(16)9-14-15-10-3-5-11(17-2)6-4-10;/h3-9,15H,1-2H3;1H/b14-9+;. The lowest BCUT2D eigenvalue weighted by molar-refractivity contribution is 0.415. The molecule has 1 N–H and O–H groups in total. The molecule has 0 saturated carbocycles. The van der Waals surface area contributed by atoms with Crippen molar-refractivity contribution < 1.29 is 4.74 Å². The minimum Gasteiger partial charge on any atom is -0.497 e. The van der Waals surface area contributed by atoms with Crippen molar-refractivity contribution in [3.05, 3.63) is 42.5 Å². The minimum absolute atomic E-state index is 0. The molecular weight excluding hydrogens is 252 g/mol. The summed E-state index contributed by atoms with van der Waals surface area (Å²) in [6.45, 7) is 0. The van der Waals surface area contributed by atoms with Gasteiger partial charge in [0.1, 0.15) is 5.75 Å². The molecule has 0 aliphatic rings. The molecule has 0 saturated heterocycles. The summed E-state index contributed by atoms with van der Waals surface area (Å²) in [6, 6.07) is 7.54. The lowest BCUT2D eigenvalue weighted by Gasteiger charge is -2.02. The maximum atomic E-state index is 5.07.